The smallest absolute Gasteiger partial charge is 0.309 e. The molecule has 0 heterocycles. The lowest BCUT2D eigenvalue weighted by Gasteiger charge is -2.63. The van der Waals surface area contributed by atoms with E-state index in [1.165, 1.54) is 6.92 Å². The largest absolute Gasteiger partial charge is 0.481 e. The monoisotopic (exact) mass is 362 g/mol. The fourth-order valence-corrected chi connectivity index (χ4v) is 8.35. The first-order valence-electron chi connectivity index (χ1n) is 10.5. The van der Waals surface area contributed by atoms with E-state index in [9.17, 15) is 14.7 Å². The number of fused-ring (bicyclic) bond motifs is 3. The second-order valence-electron chi connectivity index (χ2n) is 10.8. The molecule has 0 amide bonds. The van der Waals surface area contributed by atoms with E-state index in [1.807, 2.05) is 6.92 Å². The zero-order valence-corrected chi connectivity index (χ0v) is 16.8. The van der Waals surface area contributed by atoms with E-state index in [4.69, 9.17) is 4.74 Å². The number of carboxylic acids is 1. The minimum atomic E-state index is -0.603. The second kappa shape index (κ2) is 5.48. The molecule has 2 bridgehead atoms. The Hall–Kier alpha value is -1.06. The van der Waals surface area contributed by atoms with Crippen LogP contribution in [0.4, 0.5) is 0 Å². The van der Waals surface area contributed by atoms with E-state index in [1.54, 1.807) is 0 Å². The van der Waals surface area contributed by atoms with Crippen molar-refractivity contribution in [1.29, 1.82) is 0 Å². The highest BCUT2D eigenvalue weighted by atomic mass is 16.5. The number of hydrogen-bond donors (Lipinski definition) is 1. The van der Waals surface area contributed by atoms with Gasteiger partial charge in [0.25, 0.3) is 0 Å². The van der Waals surface area contributed by atoms with Gasteiger partial charge in [0.1, 0.15) is 6.10 Å². The first-order valence-corrected chi connectivity index (χ1v) is 10.5. The molecule has 1 N–H and O–H groups in total. The Labute approximate surface area is 157 Å². The van der Waals surface area contributed by atoms with Crippen molar-refractivity contribution in [2.24, 2.45) is 33.5 Å². The van der Waals surface area contributed by atoms with Crippen molar-refractivity contribution in [2.45, 2.75) is 91.6 Å². The molecule has 0 saturated heterocycles. The summed E-state index contributed by atoms with van der Waals surface area (Å²) >= 11 is 0. The topological polar surface area (TPSA) is 63.6 Å². The van der Waals surface area contributed by atoms with Crippen LogP contribution in [0.3, 0.4) is 0 Å². The van der Waals surface area contributed by atoms with E-state index in [0.717, 1.165) is 57.8 Å². The summed E-state index contributed by atoms with van der Waals surface area (Å²) in [5.41, 5.74) is -0.120. The highest BCUT2D eigenvalue weighted by Gasteiger charge is 2.68. The van der Waals surface area contributed by atoms with E-state index in [-0.39, 0.29) is 34.2 Å². The Morgan fingerprint density at radius 1 is 1.00 bits per heavy atom. The number of hydrogen-bond acceptors (Lipinski definition) is 3. The van der Waals surface area contributed by atoms with Gasteiger partial charge < -0.3 is 9.84 Å². The molecule has 0 radical (unpaired) electrons. The molecule has 4 heteroatoms. The van der Waals surface area contributed by atoms with Crippen LogP contribution in [-0.2, 0) is 14.3 Å². The summed E-state index contributed by atoms with van der Waals surface area (Å²) in [5, 5.41) is 10.0. The van der Waals surface area contributed by atoms with Gasteiger partial charge in [-0.25, -0.2) is 0 Å². The van der Waals surface area contributed by atoms with Gasteiger partial charge in [0.15, 0.2) is 0 Å². The lowest BCUT2D eigenvalue weighted by Crippen LogP contribution is -2.58. The highest BCUT2D eigenvalue weighted by molar-refractivity contribution is 5.75. The average molecular weight is 363 g/mol. The Morgan fingerprint density at radius 3 is 2.35 bits per heavy atom. The first kappa shape index (κ1) is 18.3. The molecule has 1 spiro atoms. The third-order valence-electron chi connectivity index (χ3n) is 9.37. The van der Waals surface area contributed by atoms with E-state index in [0.29, 0.717) is 5.92 Å². The van der Waals surface area contributed by atoms with Gasteiger partial charge in [0.05, 0.1) is 5.41 Å². The summed E-state index contributed by atoms with van der Waals surface area (Å²) in [5.74, 6) is 0.0809. The predicted molar refractivity (Wildman–Crippen MR) is 98.5 cm³/mol. The molecule has 4 saturated carbocycles. The maximum atomic E-state index is 12.2. The average Bonchev–Trinajstić information content (AvgIpc) is 2.72. The Morgan fingerprint density at radius 2 is 1.69 bits per heavy atom. The lowest BCUT2D eigenvalue weighted by atomic mass is 9.40. The quantitative estimate of drug-likeness (QED) is 0.716. The number of ether oxygens (including phenoxy) is 1. The summed E-state index contributed by atoms with van der Waals surface area (Å²) in [6.07, 6.45) is 9.55. The number of carboxylic acid groups (broad SMARTS) is 1. The third-order valence-corrected chi connectivity index (χ3v) is 9.37. The highest BCUT2D eigenvalue weighted by Crippen LogP contribution is 2.74. The molecule has 0 aliphatic heterocycles. The van der Waals surface area contributed by atoms with Crippen LogP contribution in [0, 0.1) is 33.5 Å². The summed E-state index contributed by atoms with van der Waals surface area (Å²) in [6.45, 7) is 8.23. The zero-order valence-electron chi connectivity index (χ0n) is 16.8. The minimum absolute atomic E-state index is 0.0413. The van der Waals surface area contributed by atoms with E-state index < -0.39 is 11.4 Å². The normalized spacial score (nSPS) is 52.7. The fraction of sp³-hybridized carbons (Fsp3) is 0.909. The Balaban J connectivity index is 1.69. The molecule has 0 aromatic rings. The molecular weight excluding hydrogens is 328 g/mol. The van der Waals surface area contributed by atoms with Crippen molar-refractivity contribution in [3.8, 4) is 0 Å². The SMILES string of the molecule is CC(=O)O[C@@H]1C[C@]23CC[C@H]4[C@@](C)(CCC[C@@]4(C)C(=O)O)[C@H]2CC[C@@]1(C)C3. The number of carbonyl (C=O) groups excluding carboxylic acids is 1. The zero-order chi connectivity index (χ0) is 19.0. The van der Waals surface area contributed by atoms with Crippen molar-refractivity contribution in [3.05, 3.63) is 0 Å². The van der Waals surface area contributed by atoms with Gasteiger partial charge in [-0.3, -0.25) is 9.59 Å². The molecular formula is C22H34O4. The van der Waals surface area contributed by atoms with Gasteiger partial charge in [0.2, 0.25) is 0 Å². The van der Waals surface area contributed by atoms with Crippen LogP contribution in [0.2, 0.25) is 0 Å². The second-order valence-corrected chi connectivity index (χ2v) is 10.8. The van der Waals surface area contributed by atoms with E-state index in [2.05, 4.69) is 13.8 Å². The summed E-state index contributed by atoms with van der Waals surface area (Å²) in [4.78, 5) is 23.8. The minimum Gasteiger partial charge on any atom is -0.481 e. The van der Waals surface area contributed by atoms with Gasteiger partial charge >= 0.3 is 11.9 Å². The maximum absolute atomic E-state index is 12.2. The molecule has 4 rings (SSSR count). The number of rotatable bonds is 2. The van der Waals surface area contributed by atoms with Gasteiger partial charge in [-0.15, -0.1) is 0 Å². The summed E-state index contributed by atoms with van der Waals surface area (Å²) < 4.78 is 5.79. The van der Waals surface area contributed by atoms with Crippen LogP contribution < -0.4 is 0 Å². The van der Waals surface area contributed by atoms with Crippen molar-refractivity contribution >= 4 is 11.9 Å². The van der Waals surface area contributed by atoms with Crippen LogP contribution >= 0.6 is 0 Å². The van der Waals surface area contributed by atoms with Crippen molar-refractivity contribution in [2.75, 3.05) is 0 Å². The number of carbonyl (C=O) groups is 2. The molecule has 4 aliphatic rings. The summed E-state index contributed by atoms with van der Waals surface area (Å²) in [6, 6.07) is 0. The van der Waals surface area contributed by atoms with Crippen molar-refractivity contribution in [1.82, 2.24) is 0 Å². The molecule has 0 unspecified atom stereocenters. The van der Waals surface area contributed by atoms with Crippen LogP contribution in [-0.4, -0.2) is 23.1 Å². The lowest BCUT2D eigenvalue weighted by molar-refractivity contribution is -0.182. The fourth-order valence-electron chi connectivity index (χ4n) is 8.35. The van der Waals surface area contributed by atoms with Crippen LogP contribution in [0.5, 0.6) is 0 Å². The van der Waals surface area contributed by atoms with Crippen LogP contribution in [0.15, 0.2) is 0 Å². The molecule has 7 atom stereocenters. The Bertz CT molecular complexity index is 644. The first-order chi connectivity index (χ1) is 12.1. The van der Waals surface area contributed by atoms with Crippen molar-refractivity contribution in [3.63, 3.8) is 0 Å². The van der Waals surface area contributed by atoms with Crippen LogP contribution in [0.1, 0.15) is 85.5 Å². The standard InChI is InChI=1S/C22H34O4/c1-14(23)26-17-12-22-11-7-15-20(3,8-5-9-21(15,4)18(24)25)16(22)6-10-19(17,2)13-22/h15-17H,5-13H2,1-4H3,(H,24,25)/t15-,16+,17+,19-,20+,21+,22-/m0/s1. The van der Waals surface area contributed by atoms with Crippen LogP contribution in [0.25, 0.3) is 0 Å². The molecule has 146 valence electrons. The molecule has 4 aliphatic carbocycles. The number of esters is 1. The maximum Gasteiger partial charge on any atom is 0.309 e. The molecule has 26 heavy (non-hydrogen) atoms. The van der Waals surface area contributed by atoms with Gasteiger partial charge in [-0.2, -0.15) is 0 Å². The summed E-state index contributed by atoms with van der Waals surface area (Å²) in [7, 11) is 0. The predicted octanol–water partition coefficient (Wildman–Crippen LogP) is 4.81. The third kappa shape index (κ3) is 2.26. The Kier molecular flexibility index (Phi) is 3.86. The molecule has 0 aromatic heterocycles. The molecule has 4 fully saturated rings. The van der Waals surface area contributed by atoms with Gasteiger partial charge in [-0.1, -0.05) is 20.3 Å². The number of aliphatic carboxylic acids is 1. The van der Waals surface area contributed by atoms with Gasteiger partial charge in [0, 0.05) is 12.3 Å². The van der Waals surface area contributed by atoms with E-state index >= 15 is 0 Å². The van der Waals surface area contributed by atoms with Crippen molar-refractivity contribution < 1.29 is 19.4 Å². The molecule has 0 aromatic carbocycles. The van der Waals surface area contributed by atoms with Gasteiger partial charge in [-0.05, 0) is 81.0 Å². The molecule has 4 nitrogen and oxygen atoms in total.